The van der Waals surface area contributed by atoms with Crippen LogP contribution >= 0.6 is 0 Å². The zero-order valence-corrected chi connectivity index (χ0v) is 12.9. The second-order valence-electron chi connectivity index (χ2n) is 5.82. The molecule has 2 aliphatic heterocycles. The van der Waals surface area contributed by atoms with Gasteiger partial charge in [0, 0.05) is 6.54 Å². The van der Waals surface area contributed by atoms with Gasteiger partial charge in [0.1, 0.15) is 12.4 Å². The number of alkyl halides is 1. The zero-order valence-electron chi connectivity index (χ0n) is 12.9. The van der Waals surface area contributed by atoms with E-state index < -0.39 is 0 Å². The summed E-state index contributed by atoms with van der Waals surface area (Å²) in [6.45, 7) is 6.43. The number of ether oxygens (including phenoxy) is 1. The van der Waals surface area contributed by atoms with Gasteiger partial charge in [-0.1, -0.05) is 14.4 Å². The molecule has 124 valence electrons. The van der Waals surface area contributed by atoms with Crippen LogP contribution in [0, 0.1) is 0 Å². The average molecular weight is 308 g/mol. The van der Waals surface area contributed by atoms with Gasteiger partial charge in [-0.3, -0.25) is 4.39 Å². The smallest absolute Gasteiger partial charge is 0.143 e. The van der Waals surface area contributed by atoms with Crippen molar-refractivity contribution in [2.45, 2.75) is 40.0 Å². The number of hydrogen-bond donors (Lipinski definition) is 1. The Morgan fingerprint density at radius 2 is 2.14 bits per heavy atom. The summed E-state index contributed by atoms with van der Waals surface area (Å²) in [5.41, 5.74) is 5.59. The zero-order chi connectivity index (χ0) is 14.7. The third-order valence-electron chi connectivity index (χ3n) is 4.55. The number of nitrogens with one attached hydrogen (secondary N) is 1. The largest absolute Gasteiger partial charge is 0.490 e. The molecule has 0 unspecified atom stereocenters. The van der Waals surface area contributed by atoms with E-state index in [1.165, 1.54) is 22.4 Å². The van der Waals surface area contributed by atoms with Crippen molar-refractivity contribution in [3.63, 3.8) is 0 Å². The minimum atomic E-state index is -0.247. The molecule has 3 nitrogen and oxygen atoms in total. The molecule has 3 rings (SSSR count). The number of nitrogens with zero attached hydrogens (tertiary/aromatic N) is 1. The maximum atomic E-state index is 12.6. The number of anilines is 1. The molecule has 1 aromatic carbocycles. The summed E-state index contributed by atoms with van der Waals surface area (Å²) < 4.78 is 18.5. The summed E-state index contributed by atoms with van der Waals surface area (Å²) in [4.78, 5) is 2.33. The molecule has 0 aromatic heterocycles. The van der Waals surface area contributed by atoms with Crippen LogP contribution in [-0.4, -0.2) is 39.5 Å². The minimum Gasteiger partial charge on any atom is -0.490 e. The van der Waals surface area contributed by atoms with Gasteiger partial charge in [-0.25, -0.2) is 0 Å². The molecular weight excluding hydrogens is 279 g/mol. The fourth-order valence-electron chi connectivity index (χ4n) is 3.58. The molecule has 1 aromatic rings. The molecule has 22 heavy (non-hydrogen) atoms. The van der Waals surface area contributed by atoms with Crippen LogP contribution in [0.3, 0.4) is 0 Å². The summed E-state index contributed by atoms with van der Waals surface area (Å²) in [7, 11) is 0. The second kappa shape index (κ2) is 7.82. The molecule has 0 amide bonds. The highest BCUT2D eigenvalue weighted by Gasteiger charge is 2.25. The Labute approximate surface area is 133 Å². The standard InChI is InChI=1S/C17H25FN2O.CH4/c1-2-14-15-5-8-19-7-4-13(15)12-16-17(14)20(9-3-6-18)10-11-21-16;/h12,19H,2-11H2,1H3;1H4. The van der Waals surface area contributed by atoms with Gasteiger partial charge < -0.3 is 15.0 Å². The maximum absolute atomic E-state index is 12.6. The van der Waals surface area contributed by atoms with Crippen molar-refractivity contribution in [3.8, 4) is 5.75 Å². The average Bonchev–Trinajstić information content (AvgIpc) is 2.75. The number of halogens is 1. The first-order valence-electron chi connectivity index (χ1n) is 8.17. The number of hydrogen-bond acceptors (Lipinski definition) is 3. The molecule has 0 saturated carbocycles. The predicted molar refractivity (Wildman–Crippen MR) is 91.1 cm³/mol. The van der Waals surface area contributed by atoms with Crippen LogP contribution in [0.4, 0.5) is 10.1 Å². The van der Waals surface area contributed by atoms with Crippen LogP contribution in [0.2, 0.25) is 0 Å². The van der Waals surface area contributed by atoms with Crippen LogP contribution in [0.15, 0.2) is 6.07 Å². The monoisotopic (exact) mass is 308 g/mol. The van der Waals surface area contributed by atoms with Gasteiger partial charge in [0.05, 0.1) is 18.9 Å². The van der Waals surface area contributed by atoms with E-state index >= 15 is 0 Å². The predicted octanol–water partition coefficient (Wildman–Crippen LogP) is 3.13. The lowest BCUT2D eigenvalue weighted by atomic mass is 9.92. The molecule has 0 spiro atoms. The summed E-state index contributed by atoms with van der Waals surface area (Å²) in [6, 6.07) is 2.23. The van der Waals surface area contributed by atoms with Crippen molar-refractivity contribution in [1.29, 1.82) is 0 Å². The van der Waals surface area contributed by atoms with E-state index in [9.17, 15) is 4.39 Å². The third-order valence-corrected chi connectivity index (χ3v) is 4.55. The molecule has 1 N–H and O–H groups in total. The fraction of sp³-hybridized carbons (Fsp3) is 0.667. The van der Waals surface area contributed by atoms with E-state index in [1.807, 2.05) is 0 Å². The van der Waals surface area contributed by atoms with Gasteiger partial charge in [0.25, 0.3) is 0 Å². The van der Waals surface area contributed by atoms with E-state index in [-0.39, 0.29) is 14.1 Å². The fourth-order valence-corrected chi connectivity index (χ4v) is 3.58. The highest BCUT2D eigenvalue weighted by Crippen LogP contribution is 2.40. The molecule has 2 aliphatic rings. The number of rotatable bonds is 4. The minimum absolute atomic E-state index is 0. The van der Waals surface area contributed by atoms with Gasteiger partial charge in [-0.05, 0) is 61.5 Å². The molecule has 0 atom stereocenters. The Balaban J connectivity index is 0.00000176. The van der Waals surface area contributed by atoms with E-state index in [1.54, 1.807) is 0 Å². The molecule has 4 heteroatoms. The van der Waals surface area contributed by atoms with Crippen LogP contribution in [0.25, 0.3) is 0 Å². The molecule has 0 aliphatic carbocycles. The molecule has 0 bridgehead atoms. The Bertz CT molecular complexity index is 504. The molecule has 0 saturated heterocycles. The normalized spacial score (nSPS) is 16.9. The Morgan fingerprint density at radius 1 is 1.32 bits per heavy atom. The lowest BCUT2D eigenvalue weighted by Gasteiger charge is -2.34. The van der Waals surface area contributed by atoms with E-state index in [2.05, 4.69) is 23.2 Å². The van der Waals surface area contributed by atoms with Crippen molar-refractivity contribution >= 4 is 5.69 Å². The molecule has 2 heterocycles. The lowest BCUT2D eigenvalue weighted by molar-refractivity contribution is 0.304. The van der Waals surface area contributed by atoms with Crippen LogP contribution in [-0.2, 0) is 19.3 Å². The van der Waals surface area contributed by atoms with Crippen molar-refractivity contribution in [2.75, 3.05) is 44.4 Å². The van der Waals surface area contributed by atoms with Crippen molar-refractivity contribution in [2.24, 2.45) is 0 Å². The van der Waals surface area contributed by atoms with Crippen molar-refractivity contribution in [3.05, 3.63) is 22.8 Å². The first-order valence-corrected chi connectivity index (χ1v) is 8.17. The van der Waals surface area contributed by atoms with E-state index in [4.69, 9.17) is 4.74 Å². The Morgan fingerprint density at radius 3 is 2.91 bits per heavy atom. The number of fused-ring (bicyclic) bond motifs is 2. The Hall–Kier alpha value is -1.29. The first kappa shape index (κ1) is 17.1. The van der Waals surface area contributed by atoms with Crippen molar-refractivity contribution < 1.29 is 9.13 Å². The summed E-state index contributed by atoms with van der Waals surface area (Å²) in [6.07, 6.45) is 3.77. The Kier molecular flexibility index (Phi) is 6.07. The topological polar surface area (TPSA) is 24.5 Å². The summed E-state index contributed by atoms with van der Waals surface area (Å²) in [5, 5.41) is 3.48. The SMILES string of the molecule is C.CCc1c2c(cc3c1N(CCCF)CCO3)CCNCC2. The highest BCUT2D eigenvalue weighted by atomic mass is 19.1. The van der Waals surface area contributed by atoms with Gasteiger partial charge in [-0.2, -0.15) is 0 Å². The van der Waals surface area contributed by atoms with Gasteiger partial charge in [0.15, 0.2) is 0 Å². The summed E-state index contributed by atoms with van der Waals surface area (Å²) in [5.74, 6) is 1.01. The maximum Gasteiger partial charge on any atom is 0.143 e. The highest BCUT2D eigenvalue weighted by molar-refractivity contribution is 5.69. The third kappa shape index (κ3) is 3.22. The summed E-state index contributed by atoms with van der Waals surface area (Å²) >= 11 is 0. The second-order valence-corrected chi connectivity index (χ2v) is 5.82. The van der Waals surface area contributed by atoms with Crippen molar-refractivity contribution in [1.82, 2.24) is 5.32 Å². The molecular formula is C18H29FN2O. The molecule has 0 radical (unpaired) electrons. The number of benzene rings is 1. The first-order chi connectivity index (χ1) is 10.3. The van der Waals surface area contributed by atoms with Gasteiger partial charge >= 0.3 is 0 Å². The molecule has 0 fully saturated rings. The van der Waals surface area contributed by atoms with Crippen LogP contribution in [0.5, 0.6) is 5.75 Å². The van der Waals surface area contributed by atoms with Gasteiger partial charge in [-0.15, -0.1) is 0 Å². The van der Waals surface area contributed by atoms with Crippen LogP contribution in [0.1, 0.15) is 37.5 Å². The lowest BCUT2D eigenvalue weighted by Crippen LogP contribution is -2.35. The van der Waals surface area contributed by atoms with E-state index in [0.29, 0.717) is 13.0 Å². The quantitative estimate of drug-likeness (QED) is 0.925. The van der Waals surface area contributed by atoms with E-state index in [0.717, 1.165) is 51.2 Å². The van der Waals surface area contributed by atoms with Crippen LogP contribution < -0.4 is 15.0 Å². The van der Waals surface area contributed by atoms with Gasteiger partial charge in [0.2, 0.25) is 0 Å².